The van der Waals surface area contributed by atoms with E-state index < -0.39 is 0 Å². The summed E-state index contributed by atoms with van der Waals surface area (Å²) in [5, 5.41) is 15.0. The van der Waals surface area contributed by atoms with Gasteiger partial charge in [-0.15, -0.1) is 10.2 Å². The number of anilines is 1. The first-order valence-electron chi connectivity index (χ1n) is 7.49. The molecule has 1 aromatic rings. The van der Waals surface area contributed by atoms with Gasteiger partial charge in [-0.3, -0.25) is 10.1 Å². The van der Waals surface area contributed by atoms with E-state index in [1.165, 1.54) is 11.3 Å². The van der Waals surface area contributed by atoms with Crippen LogP contribution in [0, 0.1) is 0 Å². The quantitative estimate of drug-likeness (QED) is 0.889. The molecule has 1 aromatic heterocycles. The summed E-state index contributed by atoms with van der Waals surface area (Å²) in [6, 6.07) is -0.307. The summed E-state index contributed by atoms with van der Waals surface area (Å²) < 4.78 is 0. The van der Waals surface area contributed by atoms with Gasteiger partial charge in [0.05, 0.1) is 0 Å². The van der Waals surface area contributed by atoms with Gasteiger partial charge in [-0.05, 0) is 6.42 Å². The first kappa shape index (κ1) is 16.7. The van der Waals surface area contributed by atoms with E-state index in [-0.39, 0.29) is 23.4 Å². The van der Waals surface area contributed by atoms with Gasteiger partial charge in [0.2, 0.25) is 11.0 Å². The molecule has 1 fully saturated rings. The first-order chi connectivity index (χ1) is 10.3. The van der Waals surface area contributed by atoms with Crippen molar-refractivity contribution < 1.29 is 9.59 Å². The average molecular weight is 325 g/mol. The molecule has 0 bridgehead atoms. The molecule has 22 heavy (non-hydrogen) atoms. The maximum atomic E-state index is 12.0. The topological polar surface area (TPSA) is 87.2 Å². The van der Waals surface area contributed by atoms with Crippen LogP contribution < -0.4 is 10.6 Å². The Hall–Kier alpha value is -1.70. The number of aromatic nitrogens is 2. The fraction of sp³-hybridized carbons (Fsp3) is 0.714. The van der Waals surface area contributed by atoms with Gasteiger partial charge in [0.15, 0.2) is 0 Å². The highest BCUT2D eigenvalue weighted by Crippen LogP contribution is 2.27. The summed E-state index contributed by atoms with van der Waals surface area (Å²) in [5.74, 6) is 0.128. The van der Waals surface area contributed by atoms with Crippen LogP contribution in [0.3, 0.4) is 0 Å². The number of amides is 3. The van der Waals surface area contributed by atoms with Crippen molar-refractivity contribution >= 4 is 28.4 Å². The summed E-state index contributed by atoms with van der Waals surface area (Å²) >= 11 is 1.38. The van der Waals surface area contributed by atoms with Crippen LogP contribution in [0.25, 0.3) is 0 Å². The minimum atomic E-state index is -0.299. The molecule has 0 radical (unpaired) electrons. The zero-order valence-electron chi connectivity index (χ0n) is 13.5. The van der Waals surface area contributed by atoms with E-state index in [0.29, 0.717) is 24.6 Å². The Morgan fingerprint density at radius 2 is 2.09 bits per heavy atom. The Balaban J connectivity index is 1.84. The van der Waals surface area contributed by atoms with Crippen molar-refractivity contribution in [3.05, 3.63) is 5.01 Å². The molecule has 0 aromatic carbocycles. The van der Waals surface area contributed by atoms with E-state index in [1.54, 1.807) is 4.90 Å². The molecular weight excluding hydrogens is 302 g/mol. The van der Waals surface area contributed by atoms with Crippen molar-refractivity contribution in [2.45, 2.75) is 52.0 Å². The predicted octanol–water partition coefficient (Wildman–Crippen LogP) is 1.97. The molecule has 0 aliphatic carbocycles. The second-order valence-corrected chi connectivity index (χ2v) is 7.42. The number of urea groups is 1. The lowest BCUT2D eigenvalue weighted by atomic mass is 9.98. The zero-order chi connectivity index (χ0) is 16.3. The lowest BCUT2D eigenvalue weighted by Crippen LogP contribution is -2.40. The van der Waals surface area contributed by atoms with E-state index in [2.05, 4.69) is 41.6 Å². The Morgan fingerprint density at radius 3 is 2.68 bits per heavy atom. The molecule has 1 saturated heterocycles. The van der Waals surface area contributed by atoms with Crippen LogP contribution in [0.15, 0.2) is 0 Å². The van der Waals surface area contributed by atoms with Crippen LogP contribution in [-0.4, -0.2) is 46.2 Å². The van der Waals surface area contributed by atoms with Crippen molar-refractivity contribution in [2.75, 3.05) is 18.4 Å². The Bertz CT molecular complexity index is 552. The van der Waals surface area contributed by atoms with Gasteiger partial charge < -0.3 is 10.2 Å². The fourth-order valence-electron chi connectivity index (χ4n) is 2.22. The van der Waals surface area contributed by atoms with Gasteiger partial charge in [0.1, 0.15) is 5.01 Å². The summed E-state index contributed by atoms with van der Waals surface area (Å²) in [4.78, 5) is 25.4. The maximum Gasteiger partial charge on any atom is 0.321 e. The van der Waals surface area contributed by atoms with Gasteiger partial charge in [-0.2, -0.15) is 0 Å². The van der Waals surface area contributed by atoms with E-state index in [1.807, 2.05) is 6.92 Å². The molecule has 1 aliphatic rings. The van der Waals surface area contributed by atoms with E-state index >= 15 is 0 Å². The van der Waals surface area contributed by atoms with Crippen molar-refractivity contribution in [2.24, 2.45) is 0 Å². The molecule has 1 aliphatic heterocycles. The number of rotatable bonds is 3. The van der Waals surface area contributed by atoms with Gasteiger partial charge >= 0.3 is 6.03 Å². The number of hydrogen-bond donors (Lipinski definition) is 2. The molecule has 2 heterocycles. The largest absolute Gasteiger partial charge is 0.341 e. The summed E-state index contributed by atoms with van der Waals surface area (Å²) in [5.41, 5.74) is -0.0828. The number of hydrogen-bond acceptors (Lipinski definition) is 5. The molecule has 122 valence electrons. The molecule has 1 unspecified atom stereocenters. The first-order valence-corrected chi connectivity index (χ1v) is 8.30. The van der Waals surface area contributed by atoms with Crippen LogP contribution in [-0.2, 0) is 10.2 Å². The smallest absolute Gasteiger partial charge is 0.321 e. The Morgan fingerprint density at radius 1 is 1.36 bits per heavy atom. The van der Waals surface area contributed by atoms with Crippen LogP contribution >= 0.6 is 11.3 Å². The Kier molecular flexibility index (Phi) is 5.00. The minimum Gasteiger partial charge on any atom is -0.341 e. The summed E-state index contributed by atoms with van der Waals surface area (Å²) in [6.45, 7) is 9.27. The van der Waals surface area contributed by atoms with Crippen LogP contribution in [0.4, 0.5) is 9.93 Å². The molecule has 8 heteroatoms. The summed E-state index contributed by atoms with van der Waals surface area (Å²) in [7, 11) is 0. The van der Waals surface area contributed by atoms with Crippen LogP contribution in [0.5, 0.6) is 0 Å². The lowest BCUT2D eigenvalue weighted by Gasteiger charge is -2.16. The molecule has 7 nitrogen and oxygen atoms in total. The predicted molar refractivity (Wildman–Crippen MR) is 86.0 cm³/mol. The maximum absolute atomic E-state index is 12.0. The lowest BCUT2D eigenvalue weighted by molar-refractivity contribution is -0.129. The standard InChI is InChI=1S/C14H23N5O2S/c1-5-10(20)19-7-6-9(8-19)15-12(21)16-13-18-17-11(22-13)14(2,3)4/h9H,5-8H2,1-4H3,(H2,15,16,18,21). The molecule has 2 N–H and O–H groups in total. The number of likely N-dealkylation sites (tertiary alicyclic amines) is 1. The number of carbonyl (C=O) groups excluding carboxylic acids is 2. The molecule has 0 spiro atoms. The highest BCUT2D eigenvalue weighted by Gasteiger charge is 2.27. The molecule has 3 amide bonds. The third-order valence-electron chi connectivity index (χ3n) is 3.47. The summed E-state index contributed by atoms with van der Waals surface area (Å²) in [6.07, 6.45) is 1.28. The second-order valence-electron chi connectivity index (χ2n) is 6.44. The van der Waals surface area contributed by atoms with Gasteiger partial charge in [0, 0.05) is 31.0 Å². The zero-order valence-corrected chi connectivity index (χ0v) is 14.3. The molecule has 0 saturated carbocycles. The molecule has 2 rings (SSSR count). The van der Waals surface area contributed by atoms with E-state index in [4.69, 9.17) is 0 Å². The minimum absolute atomic E-state index is 0.00879. The van der Waals surface area contributed by atoms with Gasteiger partial charge in [-0.25, -0.2) is 4.79 Å². The average Bonchev–Trinajstić information content (AvgIpc) is 3.06. The molecular formula is C14H23N5O2S. The normalized spacial score (nSPS) is 18.4. The van der Waals surface area contributed by atoms with E-state index in [0.717, 1.165) is 11.4 Å². The SMILES string of the molecule is CCC(=O)N1CCC(NC(=O)Nc2nnc(C(C)(C)C)s2)C1. The fourth-order valence-corrected chi connectivity index (χ4v) is 3.02. The van der Waals surface area contributed by atoms with Gasteiger partial charge in [-0.1, -0.05) is 39.0 Å². The number of nitrogens with zero attached hydrogens (tertiary/aromatic N) is 3. The van der Waals surface area contributed by atoms with Crippen molar-refractivity contribution in [3.63, 3.8) is 0 Å². The third-order valence-corrected chi connectivity index (χ3v) is 4.73. The third kappa shape index (κ3) is 4.16. The number of carbonyl (C=O) groups is 2. The van der Waals surface area contributed by atoms with Crippen molar-refractivity contribution in [3.8, 4) is 0 Å². The van der Waals surface area contributed by atoms with Crippen LogP contribution in [0.1, 0.15) is 45.5 Å². The van der Waals surface area contributed by atoms with Gasteiger partial charge in [0.25, 0.3) is 0 Å². The van der Waals surface area contributed by atoms with Crippen molar-refractivity contribution in [1.29, 1.82) is 0 Å². The van der Waals surface area contributed by atoms with E-state index in [9.17, 15) is 9.59 Å². The van der Waals surface area contributed by atoms with Crippen molar-refractivity contribution in [1.82, 2.24) is 20.4 Å². The van der Waals surface area contributed by atoms with Crippen LogP contribution in [0.2, 0.25) is 0 Å². The number of nitrogens with one attached hydrogen (secondary N) is 2. The highest BCUT2D eigenvalue weighted by molar-refractivity contribution is 7.15. The monoisotopic (exact) mass is 325 g/mol. The molecule has 1 atom stereocenters. The highest BCUT2D eigenvalue weighted by atomic mass is 32.1. The Labute approximate surface area is 134 Å². The second kappa shape index (κ2) is 6.60.